The predicted molar refractivity (Wildman–Crippen MR) is 117 cm³/mol. The molecule has 146 valence electrons. The van der Waals surface area contributed by atoms with Crippen LogP contribution in [0.4, 0.5) is 0 Å². The molecule has 1 N–H and O–H groups in total. The number of hydrogen-bond donors (Lipinski definition) is 1. The molecule has 4 rings (SSSR count). The van der Waals surface area contributed by atoms with E-state index in [4.69, 9.17) is 0 Å². The van der Waals surface area contributed by atoms with E-state index >= 15 is 0 Å². The maximum Gasteiger partial charge on any atom is 0.268 e. The van der Waals surface area contributed by atoms with Gasteiger partial charge in [0.25, 0.3) is 10.0 Å². The van der Waals surface area contributed by atoms with E-state index in [9.17, 15) is 8.42 Å². The van der Waals surface area contributed by atoms with Crippen molar-refractivity contribution in [1.82, 2.24) is 9.29 Å². The average molecular weight is 403 g/mol. The zero-order valence-electron chi connectivity index (χ0n) is 16.1. The average Bonchev–Trinajstić information content (AvgIpc) is 3.16. The van der Waals surface area contributed by atoms with Crippen LogP contribution in [0.5, 0.6) is 0 Å². The molecule has 1 heterocycles. The lowest BCUT2D eigenvalue weighted by molar-refractivity contribution is 0.588. The van der Waals surface area contributed by atoms with Gasteiger partial charge in [0.1, 0.15) is 0 Å². The Kier molecular flexibility index (Phi) is 5.34. The Morgan fingerprint density at radius 1 is 0.759 bits per heavy atom. The summed E-state index contributed by atoms with van der Waals surface area (Å²) in [5, 5.41) is 3.17. The summed E-state index contributed by atoms with van der Waals surface area (Å²) >= 11 is 0. The fraction of sp³-hybridized carbons (Fsp3) is 0.0833. The molecule has 0 fully saturated rings. The molecule has 5 heteroatoms. The molecule has 0 aliphatic heterocycles. The number of nitrogens with one attached hydrogen (secondary N) is 1. The molecule has 0 aliphatic carbocycles. The van der Waals surface area contributed by atoms with Gasteiger partial charge in [-0.3, -0.25) is 0 Å². The number of hydrogen-bond acceptors (Lipinski definition) is 3. The summed E-state index contributed by atoms with van der Waals surface area (Å²) < 4.78 is 28.6. The Morgan fingerprint density at radius 2 is 1.28 bits per heavy atom. The summed E-state index contributed by atoms with van der Waals surface area (Å²) in [6.45, 7) is 0.557. The lowest BCUT2D eigenvalue weighted by Crippen LogP contribution is -2.13. The van der Waals surface area contributed by atoms with Gasteiger partial charge >= 0.3 is 0 Å². The highest BCUT2D eigenvalue weighted by Gasteiger charge is 2.26. The molecule has 0 amide bonds. The lowest BCUT2D eigenvalue weighted by Gasteiger charge is -2.13. The first-order valence-electron chi connectivity index (χ1n) is 9.43. The molecule has 3 aromatic carbocycles. The van der Waals surface area contributed by atoms with E-state index in [1.54, 1.807) is 30.5 Å². The first-order chi connectivity index (χ1) is 14.1. The molecule has 0 atom stereocenters. The Hall–Kier alpha value is -3.15. The van der Waals surface area contributed by atoms with Crippen molar-refractivity contribution in [2.24, 2.45) is 0 Å². The minimum atomic E-state index is -3.76. The molecule has 0 unspecified atom stereocenters. The minimum Gasteiger partial charge on any atom is -0.316 e. The fourth-order valence-electron chi connectivity index (χ4n) is 3.55. The third kappa shape index (κ3) is 3.62. The van der Waals surface area contributed by atoms with Crippen molar-refractivity contribution in [2.75, 3.05) is 7.05 Å². The summed E-state index contributed by atoms with van der Waals surface area (Å²) in [5.74, 6) is 0. The minimum absolute atomic E-state index is 0.266. The van der Waals surface area contributed by atoms with E-state index in [-0.39, 0.29) is 4.90 Å². The standard InChI is InChI=1S/C24H22N2O2S/c1-25-17-21-18-26(29(27,28)22-15-9-4-10-16-22)24(20-13-7-3-8-14-20)23(21)19-11-5-2-6-12-19/h2-16,18,25H,17H2,1H3. The van der Waals surface area contributed by atoms with Gasteiger partial charge in [-0.2, -0.15) is 0 Å². The van der Waals surface area contributed by atoms with Crippen LogP contribution in [-0.4, -0.2) is 19.4 Å². The third-order valence-electron chi connectivity index (χ3n) is 4.83. The van der Waals surface area contributed by atoms with Crippen LogP contribution >= 0.6 is 0 Å². The van der Waals surface area contributed by atoms with E-state index in [2.05, 4.69) is 5.32 Å². The number of rotatable bonds is 6. The van der Waals surface area contributed by atoms with Crippen LogP contribution in [-0.2, 0) is 16.6 Å². The molecule has 29 heavy (non-hydrogen) atoms. The zero-order valence-corrected chi connectivity index (χ0v) is 16.9. The van der Waals surface area contributed by atoms with E-state index in [0.29, 0.717) is 12.2 Å². The van der Waals surface area contributed by atoms with Gasteiger partial charge in [-0.05, 0) is 35.9 Å². The molecule has 1 aromatic heterocycles. The van der Waals surface area contributed by atoms with Crippen molar-refractivity contribution in [2.45, 2.75) is 11.4 Å². The molecule has 0 saturated heterocycles. The summed E-state index contributed by atoms with van der Waals surface area (Å²) in [7, 11) is -1.90. The fourth-order valence-corrected chi connectivity index (χ4v) is 4.98. The van der Waals surface area contributed by atoms with Gasteiger partial charge in [0.15, 0.2) is 0 Å². The van der Waals surface area contributed by atoms with Crippen molar-refractivity contribution >= 4 is 10.0 Å². The Balaban J connectivity index is 2.07. The Bertz CT molecular complexity index is 1200. The van der Waals surface area contributed by atoms with Gasteiger partial charge in [0.2, 0.25) is 0 Å². The second kappa shape index (κ2) is 8.07. The van der Waals surface area contributed by atoms with Crippen molar-refractivity contribution in [3.63, 3.8) is 0 Å². The maximum atomic E-state index is 13.6. The van der Waals surface area contributed by atoms with Crippen LogP contribution in [0.3, 0.4) is 0 Å². The Labute approximate surface area is 171 Å². The van der Waals surface area contributed by atoms with Gasteiger partial charge in [0.05, 0.1) is 10.6 Å². The molecule has 0 bridgehead atoms. The second-order valence-electron chi connectivity index (χ2n) is 6.75. The molecule has 4 aromatic rings. The maximum absolute atomic E-state index is 13.6. The number of aromatic nitrogens is 1. The van der Waals surface area contributed by atoms with Gasteiger partial charge in [-0.1, -0.05) is 78.9 Å². The van der Waals surface area contributed by atoms with Crippen LogP contribution in [0, 0.1) is 0 Å². The van der Waals surface area contributed by atoms with Crippen LogP contribution in [0.15, 0.2) is 102 Å². The van der Waals surface area contributed by atoms with E-state index in [1.807, 2.05) is 73.8 Å². The number of nitrogens with zero attached hydrogens (tertiary/aromatic N) is 1. The highest BCUT2D eigenvalue weighted by molar-refractivity contribution is 7.90. The topological polar surface area (TPSA) is 51.1 Å². The summed E-state index contributed by atoms with van der Waals surface area (Å²) in [6.07, 6.45) is 1.74. The lowest BCUT2D eigenvalue weighted by atomic mass is 9.98. The van der Waals surface area contributed by atoms with E-state index in [1.165, 1.54) is 3.97 Å². The van der Waals surface area contributed by atoms with Crippen molar-refractivity contribution < 1.29 is 8.42 Å². The van der Waals surface area contributed by atoms with Gasteiger partial charge < -0.3 is 5.32 Å². The highest BCUT2D eigenvalue weighted by atomic mass is 32.2. The predicted octanol–water partition coefficient (Wildman–Crippen LogP) is 4.78. The van der Waals surface area contributed by atoms with Crippen molar-refractivity contribution in [1.29, 1.82) is 0 Å². The Morgan fingerprint density at radius 3 is 1.83 bits per heavy atom. The van der Waals surface area contributed by atoms with Crippen LogP contribution < -0.4 is 5.32 Å². The van der Waals surface area contributed by atoms with Crippen LogP contribution in [0.1, 0.15) is 5.56 Å². The van der Waals surface area contributed by atoms with E-state index < -0.39 is 10.0 Å². The molecule has 0 spiro atoms. The molecule has 0 saturated carbocycles. The molecule has 4 nitrogen and oxygen atoms in total. The van der Waals surface area contributed by atoms with Crippen molar-refractivity contribution in [3.05, 3.63) is 103 Å². The van der Waals surface area contributed by atoms with Gasteiger partial charge in [0, 0.05) is 18.3 Å². The highest BCUT2D eigenvalue weighted by Crippen LogP contribution is 2.38. The first kappa shape index (κ1) is 19.2. The van der Waals surface area contributed by atoms with Gasteiger partial charge in [-0.25, -0.2) is 12.4 Å². The molecular weight excluding hydrogens is 380 g/mol. The monoisotopic (exact) mass is 402 g/mol. The SMILES string of the molecule is CNCc1cn(S(=O)(=O)c2ccccc2)c(-c2ccccc2)c1-c1ccccc1. The van der Waals surface area contributed by atoms with Gasteiger partial charge in [-0.15, -0.1) is 0 Å². The summed E-state index contributed by atoms with van der Waals surface area (Å²) in [4.78, 5) is 0.266. The first-order valence-corrected chi connectivity index (χ1v) is 10.9. The van der Waals surface area contributed by atoms with Crippen LogP contribution in [0.25, 0.3) is 22.4 Å². The normalized spacial score (nSPS) is 11.5. The summed E-state index contributed by atoms with van der Waals surface area (Å²) in [6, 6.07) is 28.2. The number of benzene rings is 3. The molecule has 0 aliphatic rings. The summed E-state index contributed by atoms with van der Waals surface area (Å²) in [5.41, 5.74) is 4.36. The quantitative estimate of drug-likeness (QED) is 0.505. The molecular formula is C24H22N2O2S. The third-order valence-corrected chi connectivity index (χ3v) is 6.50. The zero-order chi connectivity index (χ0) is 20.3. The largest absolute Gasteiger partial charge is 0.316 e. The smallest absolute Gasteiger partial charge is 0.268 e. The molecule has 0 radical (unpaired) electrons. The second-order valence-corrected chi connectivity index (χ2v) is 8.57. The van der Waals surface area contributed by atoms with E-state index in [0.717, 1.165) is 22.3 Å². The van der Waals surface area contributed by atoms with Crippen molar-refractivity contribution in [3.8, 4) is 22.4 Å². The van der Waals surface area contributed by atoms with Crippen LogP contribution in [0.2, 0.25) is 0 Å².